The Morgan fingerprint density at radius 1 is 1.19 bits per heavy atom. The molecule has 2 aromatic rings. The monoisotopic (exact) mass is 727 g/mol. The van der Waals surface area contributed by atoms with Gasteiger partial charge in [-0.2, -0.15) is 0 Å². The molecule has 3 saturated heterocycles. The van der Waals surface area contributed by atoms with Crippen molar-refractivity contribution < 1.29 is 33.8 Å². The van der Waals surface area contributed by atoms with Crippen LogP contribution in [0.1, 0.15) is 37.9 Å². The SMILES string of the molecule is C=CCCC(=O)NC[C@H](OC(=O)[C@H]1[C@@H]2O[C@@]3(CC2Br)[C@@H]1C(=O)N([C@H](C)CO)[C@@H]3C(=O)N(CC=C)c1ccccc1Cl)c1ccccc1. The summed E-state index contributed by atoms with van der Waals surface area (Å²) in [5.74, 6) is -3.93. The molecule has 3 aliphatic heterocycles. The Morgan fingerprint density at radius 2 is 1.89 bits per heavy atom. The quantitative estimate of drug-likeness (QED) is 0.168. The second kappa shape index (κ2) is 14.7. The van der Waals surface area contributed by atoms with Gasteiger partial charge in [0.15, 0.2) is 0 Å². The average Bonchev–Trinajstić information content (AvgIpc) is 3.67. The zero-order valence-corrected chi connectivity index (χ0v) is 28.4. The molecule has 3 fully saturated rings. The number of halogens is 2. The Hall–Kier alpha value is -3.51. The van der Waals surface area contributed by atoms with Gasteiger partial charge in [-0.1, -0.05) is 82.1 Å². The third kappa shape index (κ3) is 6.50. The first-order valence-corrected chi connectivity index (χ1v) is 16.9. The van der Waals surface area contributed by atoms with Gasteiger partial charge in [0, 0.05) is 17.8 Å². The van der Waals surface area contributed by atoms with Crippen LogP contribution in [0.15, 0.2) is 79.9 Å². The Bertz CT molecular complexity index is 1530. The van der Waals surface area contributed by atoms with Crippen LogP contribution >= 0.6 is 27.5 Å². The standard InChI is InChI=1S/C35H39BrClN3O7/c1-4-6-16-27(42)38-19-26(22-12-8-7-9-13-22)46-34(45)28-29-32(43)40(21(3)20-41)31(35(29)18-23(36)30(28)47-35)33(44)39(17-5-2)25-15-11-10-14-24(25)37/h4-5,7-15,21,23,26,28-31,41H,1-2,6,16-20H2,3H3,(H,38,42)/t21-,23?,26+,28-,29+,30-,31-,35+/m1/s1. The lowest BCUT2D eigenvalue weighted by atomic mass is 9.70. The molecule has 2 N–H and O–H groups in total. The highest BCUT2D eigenvalue weighted by Gasteiger charge is 2.77. The van der Waals surface area contributed by atoms with Crippen LogP contribution in [0, 0.1) is 11.8 Å². The first kappa shape index (κ1) is 34.8. The summed E-state index contributed by atoms with van der Waals surface area (Å²) in [5.41, 5.74) is -0.287. The predicted octanol–water partition coefficient (Wildman–Crippen LogP) is 4.35. The van der Waals surface area contributed by atoms with Gasteiger partial charge in [0.25, 0.3) is 5.91 Å². The fourth-order valence-electron chi connectivity index (χ4n) is 7.07. The van der Waals surface area contributed by atoms with Crippen molar-refractivity contribution in [3.05, 3.63) is 90.5 Å². The Labute approximate surface area is 287 Å². The number of fused-ring (bicyclic) bond motifs is 1. The first-order chi connectivity index (χ1) is 22.6. The first-order valence-electron chi connectivity index (χ1n) is 15.6. The number of likely N-dealkylation sites (tertiary alicyclic amines) is 1. The maximum absolute atomic E-state index is 14.6. The summed E-state index contributed by atoms with van der Waals surface area (Å²) in [6, 6.07) is 14.0. The number of aliphatic hydroxyl groups excluding tert-OH is 1. The van der Waals surface area contributed by atoms with Gasteiger partial charge in [-0.05, 0) is 37.5 Å². The molecule has 1 unspecified atom stereocenters. The van der Waals surface area contributed by atoms with Crippen LogP contribution in [0.5, 0.6) is 0 Å². The van der Waals surface area contributed by atoms with Crippen molar-refractivity contribution in [3.8, 4) is 0 Å². The minimum absolute atomic E-state index is 0.0224. The number of para-hydroxylation sites is 1. The normalized spacial score (nSPS) is 27.1. The van der Waals surface area contributed by atoms with E-state index in [1.165, 1.54) is 9.80 Å². The van der Waals surface area contributed by atoms with E-state index in [1.807, 2.05) is 6.07 Å². The number of esters is 1. The van der Waals surface area contributed by atoms with E-state index in [0.717, 1.165) is 0 Å². The number of rotatable bonds is 14. The number of hydrogen-bond acceptors (Lipinski definition) is 7. The zero-order valence-electron chi connectivity index (χ0n) is 26.1. The molecule has 12 heteroatoms. The number of carbonyl (C=O) groups is 4. The molecular weight excluding hydrogens is 690 g/mol. The summed E-state index contributed by atoms with van der Waals surface area (Å²) in [4.78, 5) is 58.1. The van der Waals surface area contributed by atoms with Crippen molar-refractivity contribution in [3.63, 3.8) is 0 Å². The lowest BCUT2D eigenvalue weighted by Gasteiger charge is -2.38. The molecule has 0 saturated carbocycles. The van der Waals surface area contributed by atoms with Gasteiger partial charge >= 0.3 is 5.97 Å². The largest absolute Gasteiger partial charge is 0.455 e. The van der Waals surface area contributed by atoms with Gasteiger partial charge in [-0.3, -0.25) is 19.2 Å². The number of amides is 3. The minimum atomic E-state index is -1.39. The highest BCUT2D eigenvalue weighted by Crippen LogP contribution is 2.61. The van der Waals surface area contributed by atoms with Crippen molar-refractivity contribution >= 4 is 56.9 Å². The van der Waals surface area contributed by atoms with E-state index in [-0.39, 0.29) is 36.7 Å². The molecule has 1 spiro atoms. The summed E-state index contributed by atoms with van der Waals surface area (Å²) < 4.78 is 12.7. The van der Waals surface area contributed by atoms with E-state index in [1.54, 1.807) is 67.6 Å². The number of anilines is 1. The van der Waals surface area contributed by atoms with Crippen LogP contribution < -0.4 is 10.2 Å². The molecule has 0 aliphatic carbocycles. The Balaban J connectivity index is 1.50. The van der Waals surface area contributed by atoms with Gasteiger partial charge in [-0.25, -0.2) is 0 Å². The van der Waals surface area contributed by atoms with E-state index < -0.39 is 66.1 Å². The minimum Gasteiger partial charge on any atom is -0.455 e. The zero-order chi connectivity index (χ0) is 33.9. The van der Waals surface area contributed by atoms with Crippen molar-refractivity contribution in [1.82, 2.24) is 10.2 Å². The second-order valence-electron chi connectivity index (χ2n) is 12.1. The number of allylic oxidation sites excluding steroid dienone is 1. The molecule has 8 atom stereocenters. The summed E-state index contributed by atoms with van der Waals surface area (Å²) in [6.07, 6.45) is 2.63. The van der Waals surface area contributed by atoms with Gasteiger partial charge in [0.1, 0.15) is 17.7 Å². The topological polar surface area (TPSA) is 125 Å². The van der Waals surface area contributed by atoms with Crippen molar-refractivity contribution in [2.75, 3.05) is 24.6 Å². The number of aliphatic hydroxyl groups is 1. The molecule has 250 valence electrons. The number of nitrogens with one attached hydrogen (secondary N) is 1. The van der Waals surface area contributed by atoms with Crippen LogP contribution in [-0.4, -0.2) is 82.0 Å². The molecule has 0 aromatic heterocycles. The molecule has 2 bridgehead atoms. The van der Waals surface area contributed by atoms with Gasteiger partial charge < -0.3 is 29.7 Å². The fraction of sp³-hybridized carbons (Fsp3) is 0.429. The van der Waals surface area contributed by atoms with Crippen LogP contribution in [0.25, 0.3) is 0 Å². The number of carbonyl (C=O) groups excluding carboxylic acids is 4. The fourth-order valence-corrected chi connectivity index (χ4v) is 8.26. The molecule has 3 aliphatic rings. The molecule has 47 heavy (non-hydrogen) atoms. The number of ether oxygens (including phenoxy) is 2. The molecule has 10 nitrogen and oxygen atoms in total. The van der Waals surface area contributed by atoms with Gasteiger partial charge in [0.2, 0.25) is 11.8 Å². The molecule has 5 rings (SSSR count). The second-order valence-corrected chi connectivity index (χ2v) is 13.7. The van der Waals surface area contributed by atoms with E-state index >= 15 is 0 Å². The van der Waals surface area contributed by atoms with E-state index in [9.17, 15) is 24.3 Å². The number of alkyl halides is 1. The third-order valence-corrected chi connectivity index (χ3v) is 10.3. The van der Waals surface area contributed by atoms with E-state index in [4.69, 9.17) is 21.1 Å². The highest BCUT2D eigenvalue weighted by molar-refractivity contribution is 9.09. The number of benzene rings is 2. The number of nitrogens with zero attached hydrogens (tertiary/aromatic N) is 2. The number of hydrogen-bond donors (Lipinski definition) is 2. The molecule has 3 heterocycles. The third-order valence-electron chi connectivity index (χ3n) is 9.18. The summed E-state index contributed by atoms with van der Waals surface area (Å²) in [6.45, 7) is 8.82. The van der Waals surface area contributed by atoms with Gasteiger partial charge in [0.05, 0.1) is 47.8 Å². The molecule has 3 amide bonds. The summed E-state index contributed by atoms with van der Waals surface area (Å²) in [5, 5.41) is 13.4. The van der Waals surface area contributed by atoms with Gasteiger partial charge in [-0.15, -0.1) is 13.2 Å². The van der Waals surface area contributed by atoms with Crippen molar-refractivity contribution in [1.29, 1.82) is 0 Å². The average molecular weight is 729 g/mol. The molecule has 0 radical (unpaired) electrons. The summed E-state index contributed by atoms with van der Waals surface area (Å²) >= 11 is 10.2. The Morgan fingerprint density at radius 3 is 2.55 bits per heavy atom. The summed E-state index contributed by atoms with van der Waals surface area (Å²) in [7, 11) is 0. The lowest BCUT2D eigenvalue weighted by molar-refractivity contribution is -0.160. The molecule has 2 aromatic carbocycles. The smallest absolute Gasteiger partial charge is 0.313 e. The van der Waals surface area contributed by atoms with E-state index in [0.29, 0.717) is 22.7 Å². The molecular formula is C35H39BrClN3O7. The van der Waals surface area contributed by atoms with Crippen molar-refractivity contribution in [2.45, 2.75) is 60.9 Å². The van der Waals surface area contributed by atoms with Crippen LogP contribution in [0.4, 0.5) is 5.69 Å². The van der Waals surface area contributed by atoms with Crippen LogP contribution in [0.3, 0.4) is 0 Å². The highest BCUT2D eigenvalue weighted by atomic mass is 79.9. The van der Waals surface area contributed by atoms with Crippen molar-refractivity contribution in [2.24, 2.45) is 11.8 Å². The Kier molecular flexibility index (Phi) is 10.9. The lowest BCUT2D eigenvalue weighted by Crippen LogP contribution is -2.58. The van der Waals surface area contributed by atoms with E-state index in [2.05, 4.69) is 34.4 Å². The predicted molar refractivity (Wildman–Crippen MR) is 181 cm³/mol. The van der Waals surface area contributed by atoms with Crippen LogP contribution in [-0.2, 0) is 28.7 Å². The maximum atomic E-state index is 14.6. The van der Waals surface area contributed by atoms with Crippen LogP contribution in [0.2, 0.25) is 5.02 Å². The maximum Gasteiger partial charge on any atom is 0.313 e.